The molecule has 3 aromatic rings. The minimum Gasteiger partial charge on any atom is -0.507 e. The second-order valence-electron chi connectivity index (χ2n) is 9.58. The molecule has 0 saturated heterocycles. The average Bonchev–Trinajstić information content (AvgIpc) is 2.93. The molecule has 2 aromatic carbocycles. The van der Waals surface area contributed by atoms with E-state index in [1.54, 1.807) is 14.2 Å². The van der Waals surface area contributed by atoms with E-state index >= 15 is 0 Å². The van der Waals surface area contributed by atoms with E-state index in [0.29, 0.717) is 17.2 Å². The first kappa shape index (κ1) is 21.0. The molecule has 0 atom stereocenters. The van der Waals surface area contributed by atoms with Gasteiger partial charge in [0.05, 0.1) is 25.3 Å². The molecule has 0 aliphatic heterocycles. The number of imidazole rings is 1. The Morgan fingerprint density at radius 1 is 0.828 bits per heavy atom. The molecule has 0 unspecified atom stereocenters. The van der Waals surface area contributed by atoms with Crippen molar-refractivity contribution in [3.63, 3.8) is 0 Å². The predicted molar refractivity (Wildman–Crippen MR) is 118 cm³/mol. The molecule has 156 valence electrons. The molecule has 0 bridgehead atoms. The monoisotopic (exact) mass is 396 g/mol. The number of fused-ring (bicyclic) bond motifs is 1. The summed E-state index contributed by atoms with van der Waals surface area (Å²) in [4.78, 5) is 4.74. The standard InChI is InChI=1S/C24H32N2O3/c1-14-25-18-12-20(28-8)21(29-9)13-19(18)26(14)15-10-16(23(2,3)4)22(27)17(11-15)24(5,6)7/h10-13,27H,1-9H3. The third kappa shape index (κ3) is 3.66. The van der Waals surface area contributed by atoms with Crippen molar-refractivity contribution in [3.05, 3.63) is 41.2 Å². The number of aromatic nitrogens is 2. The van der Waals surface area contributed by atoms with E-state index in [2.05, 4.69) is 58.2 Å². The summed E-state index contributed by atoms with van der Waals surface area (Å²) in [6.45, 7) is 14.7. The number of phenols is 1. The van der Waals surface area contributed by atoms with Crippen LogP contribution >= 0.6 is 0 Å². The normalized spacial score (nSPS) is 12.4. The van der Waals surface area contributed by atoms with Gasteiger partial charge in [-0.05, 0) is 29.9 Å². The molecule has 5 heteroatoms. The van der Waals surface area contributed by atoms with Crippen LogP contribution in [-0.4, -0.2) is 28.9 Å². The van der Waals surface area contributed by atoms with Gasteiger partial charge in [-0.2, -0.15) is 0 Å². The molecule has 0 radical (unpaired) electrons. The van der Waals surface area contributed by atoms with E-state index in [1.165, 1.54) is 0 Å². The fourth-order valence-corrected chi connectivity index (χ4v) is 3.74. The van der Waals surface area contributed by atoms with Crippen LogP contribution < -0.4 is 9.47 Å². The lowest BCUT2D eigenvalue weighted by molar-refractivity contribution is 0.355. The molecular weight excluding hydrogens is 364 g/mol. The van der Waals surface area contributed by atoms with Gasteiger partial charge in [-0.25, -0.2) is 4.98 Å². The molecule has 0 spiro atoms. The van der Waals surface area contributed by atoms with Crippen LogP contribution in [-0.2, 0) is 10.8 Å². The van der Waals surface area contributed by atoms with Gasteiger partial charge in [0.15, 0.2) is 11.5 Å². The van der Waals surface area contributed by atoms with Crippen LogP contribution in [0.4, 0.5) is 0 Å². The summed E-state index contributed by atoms with van der Waals surface area (Å²) in [7, 11) is 3.26. The van der Waals surface area contributed by atoms with Crippen LogP contribution in [0.2, 0.25) is 0 Å². The summed E-state index contributed by atoms with van der Waals surface area (Å²) in [5.74, 6) is 2.55. The highest BCUT2D eigenvalue weighted by atomic mass is 16.5. The molecule has 1 heterocycles. The highest BCUT2D eigenvalue weighted by molar-refractivity contribution is 5.82. The van der Waals surface area contributed by atoms with Crippen LogP contribution in [0.25, 0.3) is 16.7 Å². The fourth-order valence-electron chi connectivity index (χ4n) is 3.74. The van der Waals surface area contributed by atoms with Crippen molar-refractivity contribution in [2.75, 3.05) is 14.2 Å². The summed E-state index contributed by atoms with van der Waals surface area (Å²) < 4.78 is 13.1. The van der Waals surface area contributed by atoms with Crippen molar-refractivity contribution < 1.29 is 14.6 Å². The maximum atomic E-state index is 11.1. The molecule has 1 N–H and O–H groups in total. The molecule has 5 nitrogen and oxygen atoms in total. The number of hydrogen-bond acceptors (Lipinski definition) is 4. The Labute approximate surface area is 173 Å². The van der Waals surface area contributed by atoms with Crippen LogP contribution in [0, 0.1) is 6.92 Å². The largest absolute Gasteiger partial charge is 0.507 e. The van der Waals surface area contributed by atoms with Crippen molar-refractivity contribution in [1.82, 2.24) is 9.55 Å². The maximum Gasteiger partial charge on any atom is 0.163 e. The quantitative estimate of drug-likeness (QED) is 0.621. The number of phenolic OH excluding ortho intramolecular Hbond substituents is 1. The van der Waals surface area contributed by atoms with E-state index in [1.807, 2.05) is 19.1 Å². The highest BCUT2D eigenvalue weighted by Gasteiger charge is 2.27. The number of benzene rings is 2. The van der Waals surface area contributed by atoms with Gasteiger partial charge in [0.25, 0.3) is 0 Å². The molecule has 1 aromatic heterocycles. The molecule has 0 saturated carbocycles. The number of methoxy groups -OCH3 is 2. The van der Waals surface area contributed by atoms with Gasteiger partial charge in [-0.3, -0.25) is 4.57 Å². The number of aryl methyl sites for hydroxylation is 1. The zero-order chi connectivity index (χ0) is 21.7. The molecular formula is C24H32N2O3. The van der Waals surface area contributed by atoms with Crippen LogP contribution in [0.3, 0.4) is 0 Å². The Morgan fingerprint density at radius 3 is 1.76 bits per heavy atom. The minimum atomic E-state index is -0.203. The summed E-state index contributed by atoms with van der Waals surface area (Å²) >= 11 is 0. The maximum absolute atomic E-state index is 11.1. The number of aromatic hydroxyl groups is 1. The van der Waals surface area contributed by atoms with Crippen molar-refractivity contribution in [2.45, 2.75) is 59.3 Å². The SMILES string of the molecule is COc1cc2nc(C)n(-c3cc(C(C)(C)C)c(O)c(C(C)(C)C)c3)c2cc1OC. The second-order valence-corrected chi connectivity index (χ2v) is 9.58. The number of hydrogen-bond donors (Lipinski definition) is 1. The smallest absolute Gasteiger partial charge is 0.163 e. The molecule has 0 aliphatic carbocycles. The van der Waals surface area contributed by atoms with Crippen LogP contribution in [0.5, 0.6) is 17.2 Å². The number of ether oxygens (including phenoxy) is 2. The highest BCUT2D eigenvalue weighted by Crippen LogP contribution is 2.42. The van der Waals surface area contributed by atoms with Crippen molar-refractivity contribution in [2.24, 2.45) is 0 Å². The van der Waals surface area contributed by atoms with Gasteiger partial charge in [0.1, 0.15) is 11.6 Å². The molecule has 0 aliphatic rings. The van der Waals surface area contributed by atoms with Crippen LogP contribution in [0.15, 0.2) is 24.3 Å². The Balaban J connectivity index is 2.39. The zero-order valence-corrected chi connectivity index (χ0v) is 19.0. The van der Waals surface area contributed by atoms with Gasteiger partial charge in [0, 0.05) is 28.9 Å². The third-order valence-corrected chi connectivity index (χ3v) is 5.30. The van der Waals surface area contributed by atoms with Gasteiger partial charge in [0.2, 0.25) is 0 Å². The first-order chi connectivity index (χ1) is 13.4. The van der Waals surface area contributed by atoms with Gasteiger partial charge in [-0.15, -0.1) is 0 Å². The fraction of sp³-hybridized carbons (Fsp3) is 0.458. The summed E-state index contributed by atoms with van der Waals surface area (Å²) in [5, 5.41) is 11.1. The molecule has 3 rings (SSSR count). The van der Waals surface area contributed by atoms with E-state index in [0.717, 1.165) is 33.7 Å². The molecule has 29 heavy (non-hydrogen) atoms. The lowest BCUT2D eigenvalue weighted by atomic mass is 9.79. The Bertz CT molecular complexity index is 1030. The van der Waals surface area contributed by atoms with E-state index in [4.69, 9.17) is 14.5 Å². The Morgan fingerprint density at radius 2 is 1.31 bits per heavy atom. The van der Waals surface area contributed by atoms with E-state index < -0.39 is 0 Å². The number of nitrogens with zero attached hydrogens (tertiary/aromatic N) is 2. The lowest BCUT2D eigenvalue weighted by Gasteiger charge is -2.28. The first-order valence-corrected chi connectivity index (χ1v) is 9.88. The third-order valence-electron chi connectivity index (χ3n) is 5.30. The van der Waals surface area contributed by atoms with Crippen molar-refractivity contribution in [1.29, 1.82) is 0 Å². The lowest BCUT2D eigenvalue weighted by Crippen LogP contribution is -2.18. The zero-order valence-electron chi connectivity index (χ0n) is 19.0. The summed E-state index contributed by atoms with van der Waals surface area (Å²) in [5.41, 5.74) is 4.18. The molecule has 0 fully saturated rings. The Hall–Kier alpha value is -2.69. The van der Waals surface area contributed by atoms with E-state index in [9.17, 15) is 5.11 Å². The van der Waals surface area contributed by atoms with Crippen LogP contribution in [0.1, 0.15) is 58.5 Å². The average molecular weight is 397 g/mol. The second kappa shape index (κ2) is 6.97. The predicted octanol–water partition coefficient (Wildman–Crippen LogP) is 5.65. The van der Waals surface area contributed by atoms with Gasteiger partial charge < -0.3 is 14.6 Å². The summed E-state index contributed by atoms with van der Waals surface area (Å²) in [6, 6.07) is 7.98. The Kier molecular flexibility index (Phi) is 5.06. The topological polar surface area (TPSA) is 56.5 Å². The summed E-state index contributed by atoms with van der Waals surface area (Å²) in [6.07, 6.45) is 0. The minimum absolute atomic E-state index is 0.203. The molecule has 0 amide bonds. The van der Waals surface area contributed by atoms with Crippen molar-refractivity contribution >= 4 is 11.0 Å². The van der Waals surface area contributed by atoms with Gasteiger partial charge >= 0.3 is 0 Å². The van der Waals surface area contributed by atoms with E-state index in [-0.39, 0.29) is 10.8 Å². The number of rotatable bonds is 3. The first-order valence-electron chi connectivity index (χ1n) is 9.88. The van der Waals surface area contributed by atoms with Gasteiger partial charge in [-0.1, -0.05) is 41.5 Å². The van der Waals surface area contributed by atoms with Crippen molar-refractivity contribution in [3.8, 4) is 22.9 Å².